The normalized spacial score (nSPS) is 11.4. The van der Waals surface area contributed by atoms with Gasteiger partial charge in [0.15, 0.2) is 6.61 Å². The van der Waals surface area contributed by atoms with Crippen LogP contribution in [0, 0.1) is 11.8 Å². The number of carbonyl (C=O) groups is 1. The summed E-state index contributed by atoms with van der Waals surface area (Å²) < 4.78 is 7.98. The first-order valence-corrected chi connectivity index (χ1v) is 12.3. The largest absolute Gasteiger partial charge is 0.449 e. The van der Waals surface area contributed by atoms with Gasteiger partial charge in [-0.05, 0) is 62.2 Å². The molecule has 0 fully saturated rings. The highest BCUT2D eigenvalue weighted by atomic mass is 32.1. The van der Waals surface area contributed by atoms with Gasteiger partial charge in [-0.3, -0.25) is 14.1 Å². The SMILES string of the molecule is CC(C)N(CC#CCOC(=O)c1cc(-c2ccccc2)c(=O)n2ccc3ccsc3c12)C(C)C. The average Bonchev–Trinajstić information content (AvgIpc) is 3.30. The van der Waals surface area contributed by atoms with E-state index in [9.17, 15) is 9.59 Å². The Labute approximate surface area is 203 Å². The summed E-state index contributed by atoms with van der Waals surface area (Å²) in [4.78, 5) is 28.8. The zero-order chi connectivity index (χ0) is 24.2. The highest BCUT2D eigenvalue weighted by Gasteiger charge is 2.20. The maximum absolute atomic E-state index is 13.3. The molecule has 0 spiro atoms. The highest BCUT2D eigenvalue weighted by Crippen LogP contribution is 2.29. The predicted octanol–water partition coefficient (Wildman–Crippen LogP) is 5.46. The molecule has 4 aromatic rings. The van der Waals surface area contributed by atoms with Gasteiger partial charge in [0.2, 0.25) is 0 Å². The molecule has 3 aromatic heterocycles. The first-order valence-electron chi connectivity index (χ1n) is 11.4. The quantitative estimate of drug-likeness (QED) is 0.276. The minimum Gasteiger partial charge on any atom is -0.449 e. The summed E-state index contributed by atoms with van der Waals surface area (Å²) in [6, 6.07) is 15.7. The van der Waals surface area contributed by atoms with Gasteiger partial charge in [-0.2, -0.15) is 0 Å². The fourth-order valence-corrected chi connectivity index (χ4v) is 5.07. The summed E-state index contributed by atoms with van der Waals surface area (Å²) >= 11 is 1.50. The Balaban J connectivity index is 1.69. The van der Waals surface area contributed by atoms with Crippen molar-refractivity contribution in [3.8, 4) is 23.0 Å². The lowest BCUT2D eigenvalue weighted by atomic mass is 10.0. The summed E-state index contributed by atoms with van der Waals surface area (Å²) in [5, 5.41) is 2.93. The van der Waals surface area contributed by atoms with Crippen LogP contribution in [0.15, 0.2) is 64.9 Å². The second kappa shape index (κ2) is 10.3. The molecule has 0 bridgehead atoms. The number of nitrogens with zero attached hydrogens (tertiary/aromatic N) is 2. The molecule has 0 aliphatic heterocycles. The Bertz CT molecular complexity index is 1430. The standard InChI is InChI=1S/C28H28N2O3S/c1-19(2)29(20(3)4)14-8-9-16-33-28(32)24-18-23(21-10-6-5-7-11-21)27(31)30-15-12-22-13-17-34-26(22)25(24)30/h5-7,10-13,15,17-20H,14,16H2,1-4H3. The lowest BCUT2D eigenvalue weighted by molar-refractivity contribution is 0.0558. The van der Waals surface area contributed by atoms with Crippen LogP contribution in [0.2, 0.25) is 0 Å². The van der Waals surface area contributed by atoms with E-state index in [2.05, 4.69) is 44.4 Å². The number of fused-ring (bicyclic) bond motifs is 3. The number of benzene rings is 1. The second-order valence-electron chi connectivity index (χ2n) is 8.67. The molecule has 0 atom stereocenters. The van der Waals surface area contributed by atoms with Gasteiger partial charge >= 0.3 is 5.97 Å². The Morgan fingerprint density at radius 1 is 1.06 bits per heavy atom. The number of pyridine rings is 2. The summed E-state index contributed by atoms with van der Waals surface area (Å²) in [5.74, 6) is 5.58. The van der Waals surface area contributed by atoms with Crippen LogP contribution in [0.5, 0.6) is 0 Å². The molecule has 0 N–H and O–H groups in total. The van der Waals surface area contributed by atoms with Crippen molar-refractivity contribution in [3.63, 3.8) is 0 Å². The molecule has 34 heavy (non-hydrogen) atoms. The molecule has 174 valence electrons. The van der Waals surface area contributed by atoms with Gasteiger partial charge < -0.3 is 4.74 Å². The monoisotopic (exact) mass is 472 g/mol. The molecule has 0 aliphatic rings. The summed E-state index contributed by atoms with van der Waals surface area (Å²) in [6.07, 6.45) is 1.72. The zero-order valence-corrected chi connectivity index (χ0v) is 20.7. The van der Waals surface area contributed by atoms with Crippen LogP contribution >= 0.6 is 11.3 Å². The van der Waals surface area contributed by atoms with Gasteiger partial charge in [0, 0.05) is 23.8 Å². The number of ether oxygens (including phenoxy) is 1. The van der Waals surface area contributed by atoms with Gasteiger partial charge in [-0.15, -0.1) is 11.3 Å². The van der Waals surface area contributed by atoms with Crippen molar-refractivity contribution in [2.24, 2.45) is 0 Å². The van der Waals surface area contributed by atoms with Crippen LogP contribution in [0.25, 0.3) is 26.7 Å². The second-order valence-corrected chi connectivity index (χ2v) is 9.59. The molecule has 1 aromatic carbocycles. The van der Waals surface area contributed by atoms with E-state index in [0.29, 0.717) is 35.3 Å². The van der Waals surface area contributed by atoms with Crippen molar-refractivity contribution in [2.75, 3.05) is 13.2 Å². The Hall–Kier alpha value is -3.40. The third-order valence-electron chi connectivity index (χ3n) is 5.84. The number of aromatic nitrogens is 1. The maximum Gasteiger partial charge on any atom is 0.341 e. The van der Waals surface area contributed by atoms with E-state index in [0.717, 1.165) is 15.6 Å². The van der Waals surface area contributed by atoms with E-state index in [1.807, 2.05) is 47.8 Å². The molecule has 0 unspecified atom stereocenters. The minimum atomic E-state index is -0.491. The topological polar surface area (TPSA) is 51.0 Å². The molecular formula is C28H28N2O3S. The number of hydrogen-bond donors (Lipinski definition) is 0. The van der Waals surface area contributed by atoms with Crippen molar-refractivity contribution in [1.29, 1.82) is 0 Å². The third-order valence-corrected chi connectivity index (χ3v) is 6.78. The number of hydrogen-bond acceptors (Lipinski definition) is 5. The van der Waals surface area contributed by atoms with Crippen molar-refractivity contribution < 1.29 is 9.53 Å². The molecule has 6 heteroatoms. The van der Waals surface area contributed by atoms with E-state index in [-0.39, 0.29) is 12.2 Å². The summed E-state index contributed by atoms with van der Waals surface area (Å²) in [5.41, 5.74) is 1.97. The van der Waals surface area contributed by atoms with Gasteiger partial charge in [0.05, 0.1) is 22.3 Å². The lowest BCUT2D eigenvalue weighted by Crippen LogP contribution is -2.37. The lowest BCUT2D eigenvalue weighted by Gasteiger charge is -2.28. The van der Waals surface area contributed by atoms with E-state index in [1.165, 1.54) is 11.3 Å². The first kappa shape index (κ1) is 23.7. The number of thiophene rings is 1. The number of rotatable bonds is 6. The minimum absolute atomic E-state index is 0.00472. The molecular weight excluding hydrogens is 444 g/mol. The average molecular weight is 473 g/mol. The van der Waals surface area contributed by atoms with E-state index < -0.39 is 5.97 Å². The van der Waals surface area contributed by atoms with Gasteiger partial charge in [-0.25, -0.2) is 4.79 Å². The van der Waals surface area contributed by atoms with E-state index >= 15 is 0 Å². The summed E-state index contributed by atoms with van der Waals surface area (Å²) in [6.45, 7) is 9.17. The van der Waals surface area contributed by atoms with Crippen molar-refractivity contribution in [3.05, 3.63) is 76.0 Å². The Morgan fingerprint density at radius 3 is 2.50 bits per heavy atom. The third kappa shape index (κ3) is 4.77. The maximum atomic E-state index is 13.3. The highest BCUT2D eigenvalue weighted by molar-refractivity contribution is 7.18. The van der Waals surface area contributed by atoms with Crippen molar-refractivity contribution >= 4 is 32.9 Å². The Morgan fingerprint density at radius 2 is 1.79 bits per heavy atom. The fraction of sp³-hybridized carbons (Fsp3) is 0.286. The van der Waals surface area contributed by atoms with Crippen LogP contribution in [0.3, 0.4) is 0 Å². The number of carbonyl (C=O) groups excluding carboxylic acids is 1. The van der Waals surface area contributed by atoms with Crippen LogP contribution in [0.4, 0.5) is 0 Å². The smallest absolute Gasteiger partial charge is 0.341 e. The zero-order valence-electron chi connectivity index (χ0n) is 19.9. The first-order chi connectivity index (χ1) is 16.4. The van der Waals surface area contributed by atoms with Crippen molar-refractivity contribution in [1.82, 2.24) is 9.30 Å². The fourth-order valence-electron chi connectivity index (χ4n) is 4.13. The van der Waals surface area contributed by atoms with Gasteiger partial charge in [-0.1, -0.05) is 42.2 Å². The van der Waals surface area contributed by atoms with Crippen LogP contribution in [-0.2, 0) is 4.74 Å². The molecule has 5 nitrogen and oxygen atoms in total. The molecule has 4 rings (SSSR count). The van der Waals surface area contributed by atoms with Crippen LogP contribution < -0.4 is 5.56 Å². The Kier molecular flexibility index (Phi) is 7.16. The molecule has 0 aliphatic carbocycles. The van der Waals surface area contributed by atoms with Crippen molar-refractivity contribution in [2.45, 2.75) is 39.8 Å². The predicted molar refractivity (Wildman–Crippen MR) is 140 cm³/mol. The molecule has 0 radical (unpaired) electrons. The van der Waals surface area contributed by atoms with Gasteiger partial charge in [0.1, 0.15) is 0 Å². The van der Waals surface area contributed by atoms with E-state index in [1.54, 1.807) is 16.7 Å². The molecule has 0 saturated carbocycles. The van der Waals surface area contributed by atoms with Crippen LogP contribution in [0.1, 0.15) is 38.1 Å². The molecule has 3 heterocycles. The van der Waals surface area contributed by atoms with Gasteiger partial charge in [0.25, 0.3) is 5.56 Å². The number of esters is 1. The summed E-state index contributed by atoms with van der Waals surface area (Å²) in [7, 11) is 0. The van der Waals surface area contributed by atoms with E-state index in [4.69, 9.17) is 4.74 Å². The van der Waals surface area contributed by atoms with Crippen LogP contribution in [-0.4, -0.2) is 40.5 Å². The molecule has 0 amide bonds. The molecule has 0 saturated heterocycles.